The maximum atomic E-state index is 11.0. The van der Waals surface area contributed by atoms with Gasteiger partial charge in [-0.15, -0.1) is 0 Å². The van der Waals surface area contributed by atoms with E-state index in [4.69, 9.17) is 9.47 Å². The number of benzene rings is 2. The summed E-state index contributed by atoms with van der Waals surface area (Å²) in [7, 11) is 0. The van der Waals surface area contributed by atoms with Crippen LogP contribution in [0.3, 0.4) is 0 Å². The van der Waals surface area contributed by atoms with E-state index in [9.17, 15) is 10.2 Å². The van der Waals surface area contributed by atoms with E-state index < -0.39 is 0 Å². The number of hydrogen-bond donors (Lipinski definition) is 2. The Balaban J connectivity index is 1.76. The molecule has 4 heteroatoms. The van der Waals surface area contributed by atoms with Gasteiger partial charge in [0.1, 0.15) is 23.7 Å². The standard InChI is InChI=1S/C25H28O4/c1-14(2)5-9-18-19(13-20-23(11-15(3)4)29-25(20)24(18)27)21-10-7-16-6-8-17(26)12-22(16)28-21/h5-6,8,11-13,21,23,26-27H,7,9-10H2,1-4H3. The molecule has 0 spiro atoms. The van der Waals surface area contributed by atoms with Crippen LogP contribution in [0, 0.1) is 0 Å². The molecule has 2 aromatic carbocycles. The number of hydrogen-bond acceptors (Lipinski definition) is 4. The molecule has 0 fully saturated rings. The third-order valence-corrected chi connectivity index (χ3v) is 5.52. The van der Waals surface area contributed by atoms with E-state index in [1.807, 2.05) is 19.9 Å². The van der Waals surface area contributed by atoms with Gasteiger partial charge in [0.05, 0.1) is 0 Å². The number of aryl methyl sites for hydroxylation is 1. The lowest BCUT2D eigenvalue weighted by atomic mass is 9.87. The molecule has 2 aromatic rings. The molecule has 2 aliphatic heterocycles. The van der Waals surface area contributed by atoms with Gasteiger partial charge in [-0.2, -0.15) is 0 Å². The van der Waals surface area contributed by atoms with Crippen LogP contribution in [0.15, 0.2) is 47.6 Å². The molecule has 2 N–H and O–H groups in total. The van der Waals surface area contributed by atoms with Crippen LogP contribution in [0.2, 0.25) is 0 Å². The van der Waals surface area contributed by atoms with Gasteiger partial charge in [-0.05, 0) is 70.7 Å². The minimum absolute atomic E-state index is 0.128. The van der Waals surface area contributed by atoms with Crippen LogP contribution < -0.4 is 9.47 Å². The van der Waals surface area contributed by atoms with Gasteiger partial charge >= 0.3 is 0 Å². The molecule has 0 aliphatic carbocycles. The van der Waals surface area contributed by atoms with E-state index in [0.717, 1.165) is 35.1 Å². The first-order chi connectivity index (χ1) is 13.8. The number of phenols is 2. The van der Waals surface area contributed by atoms with Gasteiger partial charge < -0.3 is 19.7 Å². The molecule has 0 aromatic heterocycles. The number of phenolic OH excluding ortho intramolecular Hbond substituents is 2. The van der Waals surface area contributed by atoms with E-state index in [2.05, 4.69) is 32.1 Å². The quantitative estimate of drug-likeness (QED) is 0.620. The van der Waals surface area contributed by atoms with Gasteiger partial charge in [-0.1, -0.05) is 23.3 Å². The summed E-state index contributed by atoms with van der Waals surface area (Å²) in [6, 6.07) is 7.42. The average molecular weight is 392 g/mol. The first-order valence-electron chi connectivity index (χ1n) is 10.2. The van der Waals surface area contributed by atoms with Crippen LogP contribution in [-0.4, -0.2) is 10.2 Å². The molecule has 0 radical (unpaired) electrons. The van der Waals surface area contributed by atoms with Crippen LogP contribution in [0.4, 0.5) is 0 Å². The maximum Gasteiger partial charge on any atom is 0.169 e. The molecule has 0 saturated carbocycles. The molecule has 29 heavy (non-hydrogen) atoms. The van der Waals surface area contributed by atoms with Gasteiger partial charge in [0.2, 0.25) is 0 Å². The number of rotatable bonds is 4. The second-order valence-electron chi connectivity index (χ2n) is 8.42. The van der Waals surface area contributed by atoms with Crippen LogP contribution >= 0.6 is 0 Å². The molecule has 2 heterocycles. The Hall–Kier alpha value is -2.88. The molecule has 152 valence electrons. The highest BCUT2D eigenvalue weighted by Crippen LogP contribution is 2.52. The molecule has 0 amide bonds. The van der Waals surface area contributed by atoms with Gasteiger partial charge in [0, 0.05) is 22.8 Å². The molecule has 2 atom stereocenters. The summed E-state index contributed by atoms with van der Waals surface area (Å²) < 4.78 is 12.2. The Bertz CT molecular complexity index is 1010. The molecule has 2 aliphatic rings. The van der Waals surface area contributed by atoms with Crippen LogP contribution in [0.5, 0.6) is 23.0 Å². The third-order valence-electron chi connectivity index (χ3n) is 5.52. The highest BCUT2D eigenvalue weighted by atomic mass is 16.5. The van der Waals surface area contributed by atoms with Gasteiger partial charge in [-0.3, -0.25) is 0 Å². The molecule has 4 nitrogen and oxygen atoms in total. The zero-order chi connectivity index (χ0) is 20.7. The molecule has 4 rings (SSSR count). The van der Waals surface area contributed by atoms with Crippen LogP contribution in [0.25, 0.3) is 0 Å². The predicted molar refractivity (Wildman–Crippen MR) is 114 cm³/mol. The third kappa shape index (κ3) is 3.71. The summed E-state index contributed by atoms with van der Waals surface area (Å²) >= 11 is 0. The summed E-state index contributed by atoms with van der Waals surface area (Å²) in [6.07, 6.45) is 6.20. The fraction of sp³-hybridized carbons (Fsp3) is 0.360. The van der Waals surface area contributed by atoms with Crippen molar-refractivity contribution >= 4 is 0 Å². The molecular weight excluding hydrogens is 364 g/mol. The van der Waals surface area contributed by atoms with Crippen molar-refractivity contribution < 1.29 is 19.7 Å². The minimum Gasteiger partial charge on any atom is -0.508 e. The summed E-state index contributed by atoms with van der Waals surface area (Å²) in [4.78, 5) is 0. The van der Waals surface area contributed by atoms with Crippen molar-refractivity contribution in [1.29, 1.82) is 0 Å². The normalized spacial score (nSPS) is 19.0. The van der Waals surface area contributed by atoms with Crippen molar-refractivity contribution in [2.75, 3.05) is 0 Å². The van der Waals surface area contributed by atoms with E-state index in [1.54, 1.807) is 12.1 Å². The van der Waals surface area contributed by atoms with E-state index in [0.29, 0.717) is 17.9 Å². The summed E-state index contributed by atoms with van der Waals surface area (Å²) in [5.41, 5.74) is 6.33. The average Bonchev–Trinajstić information content (AvgIpc) is 2.65. The summed E-state index contributed by atoms with van der Waals surface area (Å²) in [5.74, 6) is 1.72. The minimum atomic E-state index is -0.172. The van der Waals surface area contributed by atoms with Crippen molar-refractivity contribution in [2.24, 2.45) is 0 Å². The van der Waals surface area contributed by atoms with Gasteiger partial charge in [-0.25, -0.2) is 0 Å². The van der Waals surface area contributed by atoms with Crippen molar-refractivity contribution in [1.82, 2.24) is 0 Å². The maximum absolute atomic E-state index is 11.0. The Labute approximate surface area is 172 Å². The second kappa shape index (κ2) is 7.51. The van der Waals surface area contributed by atoms with E-state index in [1.165, 1.54) is 11.1 Å². The topological polar surface area (TPSA) is 58.9 Å². The number of ether oxygens (including phenoxy) is 2. The lowest BCUT2D eigenvalue weighted by molar-refractivity contribution is 0.165. The predicted octanol–water partition coefficient (Wildman–Crippen LogP) is 6.07. The van der Waals surface area contributed by atoms with Gasteiger partial charge in [0.15, 0.2) is 11.5 Å². The lowest BCUT2D eigenvalue weighted by Gasteiger charge is -2.34. The largest absolute Gasteiger partial charge is 0.508 e. The number of aromatic hydroxyl groups is 2. The van der Waals surface area contributed by atoms with E-state index in [-0.39, 0.29) is 23.7 Å². The smallest absolute Gasteiger partial charge is 0.169 e. The number of fused-ring (bicyclic) bond motifs is 2. The van der Waals surface area contributed by atoms with Crippen LogP contribution in [0.1, 0.15) is 68.6 Å². The fourth-order valence-electron chi connectivity index (χ4n) is 4.01. The summed E-state index contributed by atoms with van der Waals surface area (Å²) in [5, 5.41) is 20.8. The van der Waals surface area contributed by atoms with Crippen molar-refractivity contribution in [2.45, 2.75) is 59.2 Å². The second-order valence-corrected chi connectivity index (χ2v) is 8.42. The fourth-order valence-corrected chi connectivity index (χ4v) is 4.01. The highest BCUT2D eigenvalue weighted by Gasteiger charge is 2.35. The van der Waals surface area contributed by atoms with Crippen molar-refractivity contribution in [3.63, 3.8) is 0 Å². The molecule has 0 saturated heterocycles. The van der Waals surface area contributed by atoms with Gasteiger partial charge in [0.25, 0.3) is 0 Å². The first-order valence-corrected chi connectivity index (χ1v) is 10.2. The van der Waals surface area contributed by atoms with Crippen molar-refractivity contribution in [3.05, 3.63) is 69.8 Å². The summed E-state index contributed by atoms with van der Waals surface area (Å²) in [6.45, 7) is 8.18. The van der Waals surface area contributed by atoms with Crippen molar-refractivity contribution in [3.8, 4) is 23.0 Å². The molecule has 0 bridgehead atoms. The SMILES string of the molecule is CC(C)=CCc1c(C2CCc3ccc(O)cc3O2)cc2c(c1O)OC2C=C(C)C. The Morgan fingerprint density at radius 1 is 1.03 bits per heavy atom. The van der Waals surface area contributed by atoms with Crippen LogP contribution in [-0.2, 0) is 12.8 Å². The Morgan fingerprint density at radius 2 is 1.83 bits per heavy atom. The highest BCUT2D eigenvalue weighted by molar-refractivity contribution is 5.61. The number of allylic oxidation sites excluding steroid dienone is 3. The molecule has 2 unspecified atom stereocenters. The Morgan fingerprint density at radius 3 is 2.55 bits per heavy atom. The Kier molecular flexibility index (Phi) is 5.03. The zero-order valence-electron chi connectivity index (χ0n) is 17.5. The first kappa shape index (κ1) is 19.4. The monoisotopic (exact) mass is 392 g/mol. The molecular formula is C25H28O4. The van der Waals surface area contributed by atoms with E-state index >= 15 is 0 Å². The zero-order valence-corrected chi connectivity index (χ0v) is 17.5. The lowest BCUT2D eigenvalue weighted by Crippen LogP contribution is -2.22.